The van der Waals surface area contributed by atoms with E-state index in [-0.39, 0.29) is 0 Å². The van der Waals surface area contributed by atoms with E-state index in [4.69, 9.17) is 16.3 Å². The number of hydrogen-bond donors (Lipinski definition) is 0. The molecule has 2 aromatic rings. The Labute approximate surface area is 104 Å². The smallest absolute Gasteiger partial charge is 0.153 e. The molecule has 0 aliphatic heterocycles. The first-order chi connectivity index (χ1) is 8.31. The summed E-state index contributed by atoms with van der Waals surface area (Å²) < 4.78 is 5.55. The maximum atomic E-state index is 10.8. The summed E-state index contributed by atoms with van der Waals surface area (Å²) in [6, 6.07) is 8.76. The third kappa shape index (κ3) is 2.82. The molecule has 0 radical (unpaired) electrons. The van der Waals surface area contributed by atoms with E-state index in [9.17, 15) is 4.79 Å². The van der Waals surface area contributed by atoms with E-state index >= 15 is 0 Å². The molecular formula is C13H10ClNO2. The summed E-state index contributed by atoms with van der Waals surface area (Å²) in [5.41, 5.74) is 1.42. The number of para-hydroxylation sites is 1. The van der Waals surface area contributed by atoms with E-state index in [1.54, 1.807) is 30.6 Å². The molecule has 2 rings (SSSR count). The fourth-order valence-electron chi connectivity index (χ4n) is 1.41. The van der Waals surface area contributed by atoms with Crippen molar-refractivity contribution in [1.82, 2.24) is 4.98 Å². The molecule has 0 fully saturated rings. The number of carbonyl (C=O) groups is 1. The fourth-order valence-corrected chi connectivity index (χ4v) is 1.64. The van der Waals surface area contributed by atoms with Crippen LogP contribution in [0.2, 0.25) is 5.02 Å². The van der Waals surface area contributed by atoms with Gasteiger partial charge in [-0.25, -0.2) is 0 Å². The molecule has 0 spiro atoms. The van der Waals surface area contributed by atoms with Gasteiger partial charge in [-0.1, -0.05) is 17.7 Å². The van der Waals surface area contributed by atoms with Crippen molar-refractivity contribution in [1.29, 1.82) is 0 Å². The predicted molar refractivity (Wildman–Crippen MR) is 65.4 cm³/mol. The molecule has 0 aliphatic rings. The van der Waals surface area contributed by atoms with Crippen LogP contribution in [0.15, 0.2) is 42.7 Å². The van der Waals surface area contributed by atoms with Crippen LogP contribution >= 0.6 is 11.6 Å². The number of aldehydes is 1. The normalized spacial score (nSPS) is 9.94. The van der Waals surface area contributed by atoms with Crippen molar-refractivity contribution >= 4 is 17.9 Å². The van der Waals surface area contributed by atoms with Gasteiger partial charge in [-0.15, -0.1) is 0 Å². The van der Waals surface area contributed by atoms with Crippen molar-refractivity contribution in [2.24, 2.45) is 0 Å². The number of benzene rings is 1. The van der Waals surface area contributed by atoms with E-state index < -0.39 is 0 Å². The van der Waals surface area contributed by atoms with Gasteiger partial charge in [0.1, 0.15) is 12.4 Å². The monoisotopic (exact) mass is 247 g/mol. The lowest BCUT2D eigenvalue weighted by molar-refractivity contribution is 0.111. The van der Waals surface area contributed by atoms with Gasteiger partial charge in [0.15, 0.2) is 6.29 Å². The minimum atomic E-state index is 0.354. The third-order valence-electron chi connectivity index (χ3n) is 2.26. The highest BCUT2D eigenvalue weighted by molar-refractivity contribution is 6.32. The first-order valence-electron chi connectivity index (χ1n) is 5.06. The predicted octanol–water partition coefficient (Wildman–Crippen LogP) is 3.13. The molecular weight excluding hydrogens is 238 g/mol. The SMILES string of the molecule is O=Cc1cccc(Cl)c1OCc1ccncc1. The molecule has 0 amide bonds. The van der Waals surface area contributed by atoms with E-state index in [1.165, 1.54) is 0 Å². The number of carbonyl (C=O) groups excluding carboxylic acids is 1. The molecule has 0 bridgehead atoms. The zero-order valence-corrected chi connectivity index (χ0v) is 9.72. The van der Waals surface area contributed by atoms with Crippen LogP contribution in [0.1, 0.15) is 15.9 Å². The van der Waals surface area contributed by atoms with E-state index in [2.05, 4.69) is 4.98 Å². The summed E-state index contributed by atoms with van der Waals surface area (Å²) in [4.78, 5) is 14.8. The Hall–Kier alpha value is -1.87. The van der Waals surface area contributed by atoms with Crippen LogP contribution in [0.3, 0.4) is 0 Å². The lowest BCUT2D eigenvalue weighted by Crippen LogP contribution is -1.99. The highest BCUT2D eigenvalue weighted by atomic mass is 35.5. The van der Waals surface area contributed by atoms with Gasteiger partial charge in [0.05, 0.1) is 10.6 Å². The lowest BCUT2D eigenvalue weighted by atomic mass is 10.2. The topological polar surface area (TPSA) is 39.2 Å². The second-order valence-corrected chi connectivity index (χ2v) is 3.83. The molecule has 0 N–H and O–H groups in total. The molecule has 3 nitrogen and oxygen atoms in total. The highest BCUT2D eigenvalue weighted by Gasteiger charge is 2.07. The Morgan fingerprint density at radius 1 is 1.24 bits per heavy atom. The number of pyridine rings is 1. The molecule has 1 aromatic carbocycles. The number of hydrogen-bond acceptors (Lipinski definition) is 3. The van der Waals surface area contributed by atoms with E-state index in [0.717, 1.165) is 11.8 Å². The molecule has 1 aromatic heterocycles. The van der Waals surface area contributed by atoms with Crippen molar-refractivity contribution in [2.75, 3.05) is 0 Å². The number of nitrogens with zero attached hydrogens (tertiary/aromatic N) is 1. The average molecular weight is 248 g/mol. The molecule has 86 valence electrons. The zero-order chi connectivity index (χ0) is 12.1. The Bertz CT molecular complexity index is 514. The maximum Gasteiger partial charge on any atom is 0.153 e. The van der Waals surface area contributed by atoms with Crippen molar-refractivity contribution in [3.63, 3.8) is 0 Å². The zero-order valence-electron chi connectivity index (χ0n) is 8.97. The van der Waals surface area contributed by atoms with Gasteiger partial charge in [-0.2, -0.15) is 0 Å². The van der Waals surface area contributed by atoms with Gasteiger partial charge in [0, 0.05) is 12.4 Å². The van der Waals surface area contributed by atoms with Crippen LogP contribution in [-0.2, 0) is 6.61 Å². The van der Waals surface area contributed by atoms with Crippen LogP contribution < -0.4 is 4.74 Å². The van der Waals surface area contributed by atoms with Crippen molar-refractivity contribution < 1.29 is 9.53 Å². The van der Waals surface area contributed by atoms with Gasteiger partial charge in [-0.3, -0.25) is 9.78 Å². The molecule has 1 heterocycles. The van der Waals surface area contributed by atoms with Gasteiger partial charge in [-0.05, 0) is 29.8 Å². The van der Waals surface area contributed by atoms with Crippen LogP contribution in [0.4, 0.5) is 0 Å². The molecule has 0 saturated carbocycles. The van der Waals surface area contributed by atoms with Crippen LogP contribution in [0.5, 0.6) is 5.75 Å². The molecule has 4 heteroatoms. The first kappa shape index (κ1) is 11.6. The van der Waals surface area contributed by atoms with E-state index in [0.29, 0.717) is 22.9 Å². The molecule has 0 aliphatic carbocycles. The summed E-state index contributed by atoms with van der Waals surface area (Å²) >= 11 is 5.98. The first-order valence-corrected chi connectivity index (χ1v) is 5.44. The van der Waals surface area contributed by atoms with Crippen molar-refractivity contribution in [3.8, 4) is 5.75 Å². The van der Waals surface area contributed by atoms with Gasteiger partial charge < -0.3 is 4.74 Å². The van der Waals surface area contributed by atoms with Crippen LogP contribution in [0, 0.1) is 0 Å². The fraction of sp³-hybridized carbons (Fsp3) is 0.0769. The largest absolute Gasteiger partial charge is 0.487 e. The molecule has 0 unspecified atom stereocenters. The summed E-state index contributed by atoms with van der Waals surface area (Å²) in [5, 5.41) is 0.434. The third-order valence-corrected chi connectivity index (χ3v) is 2.55. The second kappa shape index (κ2) is 5.46. The Morgan fingerprint density at radius 2 is 2.00 bits per heavy atom. The minimum Gasteiger partial charge on any atom is -0.487 e. The van der Waals surface area contributed by atoms with Gasteiger partial charge in [0.2, 0.25) is 0 Å². The quantitative estimate of drug-likeness (QED) is 0.780. The summed E-state index contributed by atoms with van der Waals surface area (Å²) in [5.74, 6) is 0.418. The van der Waals surface area contributed by atoms with E-state index in [1.807, 2.05) is 12.1 Å². The Balaban J connectivity index is 2.16. The number of ether oxygens (including phenoxy) is 1. The second-order valence-electron chi connectivity index (χ2n) is 3.42. The Kier molecular flexibility index (Phi) is 3.73. The lowest BCUT2D eigenvalue weighted by Gasteiger charge is -2.09. The Morgan fingerprint density at radius 3 is 2.71 bits per heavy atom. The molecule has 17 heavy (non-hydrogen) atoms. The van der Waals surface area contributed by atoms with Crippen molar-refractivity contribution in [2.45, 2.75) is 6.61 Å². The van der Waals surface area contributed by atoms with Crippen LogP contribution in [0.25, 0.3) is 0 Å². The van der Waals surface area contributed by atoms with Crippen molar-refractivity contribution in [3.05, 3.63) is 58.9 Å². The standard InChI is InChI=1S/C13H10ClNO2/c14-12-3-1-2-11(8-16)13(12)17-9-10-4-6-15-7-5-10/h1-8H,9H2. The van der Waals surface area contributed by atoms with Gasteiger partial charge >= 0.3 is 0 Å². The summed E-state index contributed by atoms with van der Waals surface area (Å²) in [6.45, 7) is 0.354. The maximum absolute atomic E-state index is 10.8. The van der Waals surface area contributed by atoms with Gasteiger partial charge in [0.25, 0.3) is 0 Å². The average Bonchev–Trinajstić information content (AvgIpc) is 2.38. The number of aromatic nitrogens is 1. The summed E-state index contributed by atoms with van der Waals surface area (Å²) in [7, 11) is 0. The molecule has 0 saturated heterocycles. The number of halogens is 1. The highest BCUT2D eigenvalue weighted by Crippen LogP contribution is 2.28. The summed E-state index contributed by atoms with van der Waals surface area (Å²) in [6.07, 6.45) is 4.10. The number of rotatable bonds is 4. The minimum absolute atomic E-state index is 0.354. The van der Waals surface area contributed by atoms with Crippen LogP contribution in [-0.4, -0.2) is 11.3 Å². The molecule has 0 atom stereocenters.